The molecular formula is C19H26N4O2S. The fourth-order valence-electron chi connectivity index (χ4n) is 4.10. The molecule has 0 radical (unpaired) electrons. The lowest BCUT2D eigenvalue weighted by Crippen LogP contribution is -2.28. The van der Waals surface area contributed by atoms with Gasteiger partial charge >= 0.3 is 0 Å². The van der Waals surface area contributed by atoms with Crippen LogP contribution >= 0.6 is 0 Å². The summed E-state index contributed by atoms with van der Waals surface area (Å²) in [6.45, 7) is 1.68. The summed E-state index contributed by atoms with van der Waals surface area (Å²) in [5.41, 5.74) is 2.22. The van der Waals surface area contributed by atoms with Crippen molar-refractivity contribution in [3.63, 3.8) is 0 Å². The van der Waals surface area contributed by atoms with E-state index in [1.54, 1.807) is 6.26 Å². The first-order valence-electron chi connectivity index (χ1n) is 9.39. The number of anilines is 1. The highest BCUT2D eigenvalue weighted by Gasteiger charge is 2.27. The molecule has 1 aliphatic heterocycles. The average Bonchev–Trinajstić information content (AvgIpc) is 3.13. The molecule has 1 saturated heterocycles. The molecule has 2 heterocycles. The highest BCUT2D eigenvalue weighted by molar-refractivity contribution is 7.81. The first-order chi connectivity index (χ1) is 12.6. The molecule has 1 aromatic carbocycles. The van der Waals surface area contributed by atoms with Gasteiger partial charge in [0.15, 0.2) is 0 Å². The van der Waals surface area contributed by atoms with E-state index in [0.717, 1.165) is 56.1 Å². The van der Waals surface area contributed by atoms with Crippen molar-refractivity contribution < 1.29 is 9.32 Å². The molecule has 2 aliphatic rings. The van der Waals surface area contributed by atoms with Crippen LogP contribution in [-0.4, -0.2) is 55.1 Å². The maximum Gasteiger partial charge on any atom is 0.223 e. The topological polar surface area (TPSA) is 78.4 Å². The minimum absolute atomic E-state index is 0.161. The molecule has 2 atom stereocenters. The van der Waals surface area contributed by atoms with E-state index in [1.807, 2.05) is 16.6 Å². The predicted molar refractivity (Wildman–Crippen MR) is 104 cm³/mol. The van der Waals surface area contributed by atoms with Crippen molar-refractivity contribution in [1.29, 1.82) is 0 Å². The van der Waals surface area contributed by atoms with Crippen molar-refractivity contribution in [1.82, 2.24) is 14.3 Å². The Bertz CT molecular complexity index is 807. The molecule has 140 valence electrons. The number of para-hydroxylation sites is 1. The fourth-order valence-corrected chi connectivity index (χ4v) is 4.85. The molecule has 0 amide bonds. The van der Waals surface area contributed by atoms with Crippen LogP contribution in [0.15, 0.2) is 24.4 Å². The number of aliphatic hydroxyl groups is 1. The third kappa shape index (κ3) is 3.75. The molecule has 1 saturated carbocycles. The Balaban J connectivity index is 1.57. The maximum atomic E-state index is 11.8. The Morgan fingerprint density at radius 1 is 1.23 bits per heavy atom. The van der Waals surface area contributed by atoms with E-state index in [-0.39, 0.29) is 6.10 Å². The van der Waals surface area contributed by atoms with E-state index in [2.05, 4.69) is 22.4 Å². The molecule has 0 bridgehead atoms. The summed E-state index contributed by atoms with van der Waals surface area (Å²) in [7, 11) is -0.914. The molecule has 26 heavy (non-hydrogen) atoms. The maximum absolute atomic E-state index is 11.8. The summed E-state index contributed by atoms with van der Waals surface area (Å²) in [5, 5.41) is 14.2. The van der Waals surface area contributed by atoms with Crippen LogP contribution in [0.4, 0.5) is 5.95 Å². The molecule has 6 nitrogen and oxygen atoms in total. The predicted octanol–water partition coefficient (Wildman–Crippen LogP) is 2.43. The summed E-state index contributed by atoms with van der Waals surface area (Å²) in [4.78, 5) is 9.31. The van der Waals surface area contributed by atoms with E-state index < -0.39 is 11.0 Å². The number of nitrogens with one attached hydrogen (secondary N) is 1. The molecule has 4 rings (SSSR count). The van der Waals surface area contributed by atoms with Gasteiger partial charge in [-0.25, -0.2) is 18.5 Å². The van der Waals surface area contributed by atoms with Crippen LogP contribution in [-0.2, 0) is 11.0 Å². The minimum atomic E-state index is -0.914. The van der Waals surface area contributed by atoms with Gasteiger partial charge in [0.05, 0.1) is 22.6 Å². The van der Waals surface area contributed by atoms with Crippen molar-refractivity contribution in [2.75, 3.05) is 24.7 Å². The molecule has 2 N–H and O–H groups in total. The Kier molecular flexibility index (Phi) is 5.20. The van der Waals surface area contributed by atoms with Crippen molar-refractivity contribution in [3.8, 4) is 0 Å². The molecule has 0 spiro atoms. The Morgan fingerprint density at radius 2 is 2.04 bits per heavy atom. The quantitative estimate of drug-likeness (QED) is 0.859. The van der Waals surface area contributed by atoms with Gasteiger partial charge in [-0.2, -0.15) is 0 Å². The third-order valence-corrected chi connectivity index (χ3v) is 6.69. The standard InChI is InChI=1S/C19H26N4O2S/c1-26(25)23-10-9-14(12-23)17-4-2-3-13-11-20-19(22-18(13)17)21-15-5-7-16(24)8-6-15/h2-4,11,14-16,24H,5-10,12H2,1H3,(H,20,21,22). The van der Waals surface area contributed by atoms with Crippen LogP contribution in [0, 0.1) is 0 Å². The van der Waals surface area contributed by atoms with Crippen molar-refractivity contribution in [2.24, 2.45) is 0 Å². The second kappa shape index (κ2) is 7.58. The Morgan fingerprint density at radius 3 is 2.77 bits per heavy atom. The van der Waals surface area contributed by atoms with Crippen LogP contribution in [0.25, 0.3) is 10.9 Å². The molecule has 1 aromatic heterocycles. The normalized spacial score (nSPS) is 28.3. The molecule has 1 aliphatic carbocycles. The number of hydrogen-bond donors (Lipinski definition) is 2. The van der Waals surface area contributed by atoms with Crippen LogP contribution in [0.1, 0.15) is 43.6 Å². The van der Waals surface area contributed by atoms with Crippen molar-refractivity contribution in [2.45, 2.75) is 50.2 Å². The Labute approximate surface area is 156 Å². The largest absolute Gasteiger partial charge is 0.393 e. The zero-order valence-corrected chi connectivity index (χ0v) is 15.9. The number of nitrogens with zero attached hydrogens (tertiary/aromatic N) is 3. The van der Waals surface area contributed by atoms with Gasteiger partial charge in [-0.1, -0.05) is 18.2 Å². The SMILES string of the molecule is CS(=O)N1CCC(c2cccc3cnc(NC4CCC(O)CC4)nc23)C1. The smallest absolute Gasteiger partial charge is 0.223 e. The highest BCUT2D eigenvalue weighted by Crippen LogP contribution is 2.32. The number of aromatic nitrogens is 2. The van der Waals surface area contributed by atoms with Crippen LogP contribution in [0.2, 0.25) is 0 Å². The van der Waals surface area contributed by atoms with E-state index in [9.17, 15) is 9.32 Å². The van der Waals surface area contributed by atoms with Crippen molar-refractivity contribution in [3.05, 3.63) is 30.0 Å². The lowest BCUT2D eigenvalue weighted by atomic mass is 9.93. The van der Waals surface area contributed by atoms with Crippen LogP contribution < -0.4 is 5.32 Å². The van der Waals surface area contributed by atoms with E-state index >= 15 is 0 Å². The van der Waals surface area contributed by atoms with Gasteiger partial charge in [-0.05, 0) is 37.7 Å². The van der Waals surface area contributed by atoms with E-state index in [0.29, 0.717) is 17.9 Å². The Hall–Kier alpha value is -1.57. The van der Waals surface area contributed by atoms with Gasteiger partial charge in [0.1, 0.15) is 0 Å². The number of rotatable bonds is 4. The lowest BCUT2D eigenvalue weighted by molar-refractivity contribution is 0.126. The zero-order valence-electron chi connectivity index (χ0n) is 15.1. The number of fused-ring (bicyclic) bond motifs is 1. The molecule has 2 unspecified atom stereocenters. The van der Waals surface area contributed by atoms with Crippen LogP contribution in [0.3, 0.4) is 0 Å². The van der Waals surface area contributed by atoms with E-state index in [1.165, 1.54) is 5.56 Å². The number of hydrogen-bond acceptors (Lipinski definition) is 5. The summed E-state index contributed by atoms with van der Waals surface area (Å²) in [6.07, 6.45) is 8.05. The number of aliphatic hydroxyl groups excluding tert-OH is 1. The summed E-state index contributed by atoms with van der Waals surface area (Å²) in [6, 6.07) is 6.57. The van der Waals surface area contributed by atoms with Gasteiger partial charge in [0, 0.05) is 42.9 Å². The van der Waals surface area contributed by atoms with Gasteiger partial charge in [-0.15, -0.1) is 0 Å². The molecule has 7 heteroatoms. The third-order valence-electron chi connectivity index (χ3n) is 5.63. The summed E-state index contributed by atoms with van der Waals surface area (Å²) in [5.74, 6) is 1.02. The second-order valence-electron chi connectivity index (χ2n) is 7.43. The summed E-state index contributed by atoms with van der Waals surface area (Å²) < 4.78 is 13.8. The fraction of sp³-hybridized carbons (Fsp3) is 0.579. The van der Waals surface area contributed by atoms with Gasteiger partial charge in [0.25, 0.3) is 0 Å². The first-order valence-corrected chi connectivity index (χ1v) is 10.9. The average molecular weight is 375 g/mol. The van der Waals surface area contributed by atoms with E-state index in [4.69, 9.17) is 4.98 Å². The van der Waals surface area contributed by atoms with Gasteiger partial charge in [0.2, 0.25) is 5.95 Å². The van der Waals surface area contributed by atoms with Crippen LogP contribution in [0.5, 0.6) is 0 Å². The van der Waals surface area contributed by atoms with Gasteiger partial charge in [-0.3, -0.25) is 0 Å². The highest BCUT2D eigenvalue weighted by atomic mass is 32.2. The molecule has 2 aromatic rings. The second-order valence-corrected chi connectivity index (χ2v) is 8.79. The first kappa shape index (κ1) is 17.8. The van der Waals surface area contributed by atoms with Gasteiger partial charge < -0.3 is 10.4 Å². The monoisotopic (exact) mass is 374 g/mol. The van der Waals surface area contributed by atoms with Crippen molar-refractivity contribution >= 4 is 27.8 Å². The summed E-state index contributed by atoms with van der Waals surface area (Å²) >= 11 is 0. The number of benzene rings is 1. The lowest BCUT2D eigenvalue weighted by Gasteiger charge is -2.26. The minimum Gasteiger partial charge on any atom is -0.393 e. The molecule has 2 fully saturated rings. The molecular weight excluding hydrogens is 348 g/mol. The zero-order chi connectivity index (χ0) is 18.1.